The van der Waals surface area contributed by atoms with Gasteiger partial charge in [-0.3, -0.25) is 0 Å². The van der Waals surface area contributed by atoms with E-state index in [1.165, 1.54) is 0 Å². The van der Waals surface area contributed by atoms with Gasteiger partial charge in [0.25, 0.3) is 0 Å². The first-order valence-electron chi connectivity index (χ1n) is 16.0. The van der Waals surface area contributed by atoms with Crippen LogP contribution < -0.4 is 0 Å². The lowest BCUT2D eigenvalue weighted by atomic mass is 9.98. The van der Waals surface area contributed by atoms with E-state index in [0.29, 0.717) is 43.1 Å². The molecule has 1 fully saturated rings. The van der Waals surface area contributed by atoms with Crippen LogP contribution in [0.5, 0.6) is 0 Å². The highest BCUT2D eigenvalue weighted by atomic mass is 28.4. The molecule has 0 spiro atoms. The molecule has 0 aliphatic carbocycles. The Morgan fingerprint density at radius 2 is 0.955 bits per heavy atom. The first-order chi connectivity index (χ1) is 21.3. The average Bonchev–Trinajstić information content (AvgIpc) is 3.03. The summed E-state index contributed by atoms with van der Waals surface area (Å²) in [5.41, 5.74) is 4.56. The fraction of sp³-hybridized carbons (Fsp3) is 0.514. The highest BCUT2D eigenvalue weighted by Crippen LogP contribution is 2.43. The molecule has 1 heterocycles. The molecule has 5 unspecified atom stereocenters. The zero-order valence-corrected chi connectivity index (χ0v) is 28.6. The zero-order chi connectivity index (χ0) is 31.5. The van der Waals surface area contributed by atoms with Gasteiger partial charge >= 0.3 is 0 Å². The molecule has 0 bridgehead atoms. The third kappa shape index (κ3) is 8.66. The van der Waals surface area contributed by atoms with Gasteiger partial charge in [-0.25, -0.2) is 0 Å². The summed E-state index contributed by atoms with van der Waals surface area (Å²) in [5, 5.41) is 0. The van der Waals surface area contributed by atoms with Crippen molar-refractivity contribution in [3.8, 4) is 0 Å². The minimum atomic E-state index is -2.18. The van der Waals surface area contributed by atoms with Gasteiger partial charge in [0, 0.05) is 7.11 Å². The maximum atomic E-state index is 7.09. The molecule has 1 saturated heterocycles. The van der Waals surface area contributed by atoms with Crippen LogP contribution in [0.4, 0.5) is 0 Å². The van der Waals surface area contributed by atoms with Gasteiger partial charge < -0.3 is 28.1 Å². The predicted molar refractivity (Wildman–Crippen MR) is 178 cm³/mol. The Hall–Kier alpha value is -2.36. The molecule has 1 aliphatic heterocycles. The molecule has 44 heavy (non-hydrogen) atoms. The monoisotopic (exact) mass is 620 g/mol. The number of hydrogen-bond acceptors (Lipinski definition) is 6. The fourth-order valence-electron chi connectivity index (χ4n) is 6.80. The van der Waals surface area contributed by atoms with Crippen molar-refractivity contribution in [2.45, 2.75) is 109 Å². The normalized spacial score (nSPS) is 22.6. The maximum Gasteiger partial charge on any atom is 0.200 e. The van der Waals surface area contributed by atoms with Crippen LogP contribution in [-0.4, -0.2) is 52.7 Å². The van der Waals surface area contributed by atoms with Crippen LogP contribution in [0.2, 0.25) is 16.6 Å². The molecule has 1 aliphatic rings. The molecule has 0 N–H and O–H groups in total. The topological polar surface area (TPSA) is 55.4 Å². The SMILES string of the molecule is COC1OC(CO[Si](C(C)C)(C(C)C)C(C)C)C(OCc2ccccc2)C(OCc2ccccc2)C1OCc1ccccc1. The van der Waals surface area contributed by atoms with Crippen molar-refractivity contribution >= 4 is 8.32 Å². The quantitative estimate of drug-likeness (QED) is 0.150. The van der Waals surface area contributed by atoms with Crippen molar-refractivity contribution < 1.29 is 28.1 Å². The lowest BCUT2D eigenvalue weighted by Crippen LogP contribution is -2.62. The molecule has 0 saturated carbocycles. The Balaban J connectivity index is 1.67. The van der Waals surface area contributed by atoms with E-state index in [2.05, 4.69) is 77.9 Å². The second kappa shape index (κ2) is 16.8. The van der Waals surface area contributed by atoms with Crippen LogP contribution >= 0.6 is 0 Å². The Kier molecular flexibility index (Phi) is 13.2. The molecule has 7 heteroatoms. The molecular weight excluding hydrogens is 568 g/mol. The summed E-state index contributed by atoms with van der Waals surface area (Å²) in [6.45, 7) is 15.4. The van der Waals surface area contributed by atoms with E-state index >= 15 is 0 Å². The number of methoxy groups -OCH3 is 1. The predicted octanol–water partition coefficient (Wildman–Crippen LogP) is 8.31. The summed E-state index contributed by atoms with van der Waals surface area (Å²) in [6.07, 6.45) is -2.52. The maximum absolute atomic E-state index is 7.09. The number of benzene rings is 3. The molecule has 6 nitrogen and oxygen atoms in total. The molecule has 0 aromatic heterocycles. The van der Waals surface area contributed by atoms with Gasteiger partial charge in [0.15, 0.2) is 14.6 Å². The Labute approximate surface area is 266 Å². The number of ether oxygens (including phenoxy) is 5. The van der Waals surface area contributed by atoms with Gasteiger partial charge in [-0.1, -0.05) is 133 Å². The zero-order valence-electron chi connectivity index (χ0n) is 27.6. The number of rotatable bonds is 16. The van der Waals surface area contributed by atoms with Gasteiger partial charge in [-0.2, -0.15) is 0 Å². The molecular formula is C37H52O6Si. The summed E-state index contributed by atoms with van der Waals surface area (Å²) >= 11 is 0. The van der Waals surface area contributed by atoms with E-state index in [-0.39, 0.29) is 0 Å². The Morgan fingerprint density at radius 3 is 1.34 bits per heavy atom. The first-order valence-corrected chi connectivity index (χ1v) is 18.2. The first kappa shape index (κ1) is 34.5. The molecule has 3 aromatic carbocycles. The van der Waals surface area contributed by atoms with Crippen molar-refractivity contribution in [1.29, 1.82) is 0 Å². The third-order valence-corrected chi connectivity index (χ3v) is 15.0. The van der Waals surface area contributed by atoms with Gasteiger partial charge in [0.2, 0.25) is 0 Å². The van der Waals surface area contributed by atoms with Crippen molar-refractivity contribution in [3.05, 3.63) is 108 Å². The van der Waals surface area contributed by atoms with Crippen molar-refractivity contribution in [2.24, 2.45) is 0 Å². The van der Waals surface area contributed by atoms with Gasteiger partial charge in [0.1, 0.15) is 24.4 Å². The van der Waals surface area contributed by atoms with E-state index in [1.54, 1.807) is 7.11 Å². The van der Waals surface area contributed by atoms with Crippen molar-refractivity contribution in [3.63, 3.8) is 0 Å². The molecule has 0 amide bonds. The van der Waals surface area contributed by atoms with E-state index in [4.69, 9.17) is 28.1 Å². The Bertz CT molecular complexity index is 1180. The summed E-state index contributed by atoms with van der Waals surface area (Å²) in [7, 11) is -0.515. The smallest absolute Gasteiger partial charge is 0.200 e. The minimum Gasteiger partial charge on any atom is -0.413 e. The second-order valence-corrected chi connectivity index (χ2v) is 18.2. The van der Waals surface area contributed by atoms with Crippen LogP contribution in [0.15, 0.2) is 91.0 Å². The molecule has 5 atom stereocenters. The van der Waals surface area contributed by atoms with Crippen LogP contribution in [0.25, 0.3) is 0 Å². The van der Waals surface area contributed by atoms with E-state index in [0.717, 1.165) is 16.7 Å². The van der Waals surface area contributed by atoms with Crippen molar-refractivity contribution in [2.75, 3.05) is 13.7 Å². The average molecular weight is 621 g/mol. The van der Waals surface area contributed by atoms with E-state index in [1.807, 2.05) is 54.6 Å². The van der Waals surface area contributed by atoms with Gasteiger partial charge in [0.05, 0.1) is 26.4 Å². The highest BCUT2D eigenvalue weighted by Gasteiger charge is 2.51. The highest BCUT2D eigenvalue weighted by molar-refractivity contribution is 6.77. The lowest BCUT2D eigenvalue weighted by Gasteiger charge is -2.48. The lowest BCUT2D eigenvalue weighted by molar-refractivity contribution is -0.321. The van der Waals surface area contributed by atoms with Crippen LogP contribution in [0, 0.1) is 0 Å². The molecule has 3 aromatic rings. The number of hydrogen-bond donors (Lipinski definition) is 0. The summed E-state index contributed by atoms with van der Waals surface area (Å²) < 4.78 is 39.8. The van der Waals surface area contributed by atoms with Crippen LogP contribution in [0.1, 0.15) is 58.2 Å². The van der Waals surface area contributed by atoms with E-state index < -0.39 is 39.0 Å². The van der Waals surface area contributed by atoms with E-state index in [9.17, 15) is 0 Å². The Morgan fingerprint density at radius 1 is 0.568 bits per heavy atom. The largest absolute Gasteiger partial charge is 0.413 e. The summed E-state index contributed by atoms with van der Waals surface area (Å²) in [5.74, 6) is 0. The van der Waals surface area contributed by atoms with Gasteiger partial charge in [-0.15, -0.1) is 0 Å². The summed E-state index contributed by atoms with van der Waals surface area (Å²) in [6, 6.07) is 30.6. The van der Waals surface area contributed by atoms with Gasteiger partial charge in [-0.05, 0) is 33.3 Å². The molecule has 240 valence electrons. The third-order valence-electron chi connectivity index (χ3n) is 8.88. The minimum absolute atomic E-state index is 0.399. The second-order valence-electron chi connectivity index (χ2n) is 12.7. The molecule has 4 rings (SSSR count). The molecule has 0 radical (unpaired) electrons. The standard InChI is InChI=1S/C37H52O6Si/c1-27(2)44(28(3)4,29(5)6)42-26-33-34(39-23-30-17-11-8-12-18-30)35(40-24-31-19-13-9-14-20-31)36(37(38-7)43-33)41-25-32-21-15-10-16-22-32/h8-22,27-29,33-37H,23-26H2,1-7H3. The summed E-state index contributed by atoms with van der Waals surface area (Å²) in [4.78, 5) is 0. The van der Waals surface area contributed by atoms with Crippen LogP contribution in [-0.2, 0) is 47.9 Å². The van der Waals surface area contributed by atoms with Crippen molar-refractivity contribution in [1.82, 2.24) is 0 Å². The fourth-order valence-corrected chi connectivity index (χ4v) is 12.2. The van der Waals surface area contributed by atoms with Crippen LogP contribution in [0.3, 0.4) is 0 Å².